The molecule has 1 amide bonds. The molecular formula is C21H20N2O4. The van der Waals surface area contributed by atoms with E-state index in [1.165, 1.54) is 0 Å². The fourth-order valence-electron chi connectivity index (χ4n) is 2.55. The van der Waals surface area contributed by atoms with E-state index >= 15 is 0 Å². The summed E-state index contributed by atoms with van der Waals surface area (Å²) in [5.41, 5.74) is 2.57. The number of carbonyl (C=O) groups excluding carboxylic acids is 2. The number of amides is 1. The molecule has 0 unspecified atom stereocenters. The summed E-state index contributed by atoms with van der Waals surface area (Å²) in [7, 11) is 0. The summed E-state index contributed by atoms with van der Waals surface area (Å²) in [5, 5.41) is 2.79. The van der Waals surface area contributed by atoms with Crippen LogP contribution in [-0.4, -0.2) is 23.5 Å². The minimum absolute atomic E-state index is 0.0747. The number of anilines is 1. The Kier molecular flexibility index (Phi) is 5.66. The Bertz CT molecular complexity index is 931. The molecule has 1 heterocycles. The van der Waals surface area contributed by atoms with Crippen molar-refractivity contribution in [1.82, 2.24) is 4.98 Å². The van der Waals surface area contributed by atoms with E-state index < -0.39 is 0 Å². The summed E-state index contributed by atoms with van der Waals surface area (Å²) in [6.45, 7) is 3.88. The monoisotopic (exact) mass is 364 g/mol. The lowest BCUT2D eigenvalue weighted by Gasteiger charge is -2.06. The second-order valence-corrected chi connectivity index (χ2v) is 5.92. The Morgan fingerprint density at radius 1 is 1.07 bits per heavy atom. The number of hydrogen-bond acceptors (Lipinski definition) is 5. The van der Waals surface area contributed by atoms with Gasteiger partial charge in [0.1, 0.15) is 5.76 Å². The van der Waals surface area contributed by atoms with Crippen LogP contribution in [0.5, 0.6) is 0 Å². The Morgan fingerprint density at radius 3 is 2.44 bits per heavy atom. The minimum atomic E-state index is -0.388. The lowest BCUT2D eigenvalue weighted by atomic mass is 10.2. The zero-order valence-electron chi connectivity index (χ0n) is 15.2. The lowest BCUT2D eigenvalue weighted by molar-refractivity contribution is -0.115. The van der Waals surface area contributed by atoms with Gasteiger partial charge in [-0.05, 0) is 50.2 Å². The number of aromatic nitrogens is 1. The van der Waals surface area contributed by atoms with E-state index in [0.29, 0.717) is 35.2 Å². The van der Waals surface area contributed by atoms with Crippen LogP contribution in [0.2, 0.25) is 0 Å². The Labute approximate surface area is 157 Å². The summed E-state index contributed by atoms with van der Waals surface area (Å²) in [5.74, 6) is 0.406. The zero-order valence-corrected chi connectivity index (χ0v) is 15.2. The number of benzene rings is 2. The van der Waals surface area contributed by atoms with E-state index in [1.807, 2.05) is 37.3 Å². The molecule has 1 N–H and O–H groups in total. The van der Waals surface area contributed by atoms with Crippen molar-refractivity contribution in [2.24, 2.45) is 0 Å². The van der Waals surface area contributed by atoms with E-state index in [2.05, 4.69) is 10.3 Å². The second-order valence-electron chi connectivity index (χ2n) is 5.92. The van der Waals surface area contributed by atoms with E-state index in [1.54, 1.807) is 31.2 Å². The summed E-state index contributed by atoms with van der Waals surface area (Å²) in [6, 6.07) is 16.1. The molecule has 138 valence electrons. The molecule has 0 saturated heterocycles. The number of esters is 1. The smallest absolute Gasteiger partial charge is 0.338 e. The fraction of sp³-hybridized carbons (Fsp3) is 0.190. The molecule has 3 aromatic rings. The predicted molar refractivity (Wildman–Crippen MR) is 101 cm³/mol. The molecule has 2 aromatic carbocycles. The molecule has 0 radical (unpaired) electrons. The van der Waals surface area contributed by atoms with Gasteiger partial charge in [0, 0.05) is 11.3 Å². The molecule has 6 heteroatoms. The molecule has 0 bridgehead atoms. The maximum absolute atomic E-state index is 12.3. The number of nitrogens with one attached hydrogen (secondary N) is 1. The molecule has 0 fully saturated rings. The lowest BCUT2D eigenvalue weighted by Crippen LogP contribution is -2.14. The van der Waals surface area contributed by atoms with Crippen LogP contribution >= 0.6 is 0 Å². The Hall–Kier alpha value is -3.41. The average molecular weight is 364 g/mol. The van der Waals surface area contributed by atoms with E-state index in [0.717, 1.165) is 5.56 Å². The van der Waals surface area contributed by atoms with Crippen molar-refractivity contribution in [3.05, 3.63) is 71.6 Å². The summed E-state index contributed by atoms with van der Waals surface area (Å²) < 4.78 is 10.7. The molecule has 27 heavy (non-hydrogen) atoms. The molecular weight excluding hydrogens is 344 g/mol. The normalized spacial score (nSPS) is 10.4. The molecule has 6 nitrogen and oxygen atoms in total. The van der Waals surface area contributed by atoms with E-state index in [-0.39, 0.29) is 18.3 Å². The fourth-order valence-corrected chi connectivity index (χ4v) is 2.55. The van der Waals surface area contributed by atoms with Gasteiger partial charge < -0.3 is 14.5 Å². The number of nitrogens with zero attached hydrogens (tertiary/aromatic N) is 1. The topological polar surface area (TPSA) is 81.4 Å². The molecule has 3 rings (SSSR count). The standard InChI is InChI=1S/C21H20N2O4/c1-3-26-21(25)16-9-11-17(12-10-16)23-19(24)13-18-14(2)22-20(27-18)15-7-5-4-6-8-15/h4-12H,3,13H2,1-2H3,(H,23,24). The van der Waals surface area contributed by atoms with Crippen LogP contribution in [0.4, 0.5) is 5.69 Å². The molecule has 1 aromatic heterocycles. The Balaban J connectivity index is 1.64. The van der Waals surface area contributed by atoms with Crippen molar-refractivity contribution in [3.63, 3.8) is 0 Å². The maximum Gasteiger partial charge on any atom is 0.338 e. The number of hydrogen-bond donors (Lipinski definition) is 1. The van der Waals surface area contributed by atoms with Crippen LogP contribution in [0.1, 0.15) is 28.7 Å². The first kappa shape index (κ1) is 18.4. The number of rotatable bonds is 6. The van der Waals surface area contributed by atoms with Crippen molar-refractivity contribution in [2.45, 2.75) is 20.3 Å². The summed E-state index contributed by atoms with van der Waals surface area (Å²) in [6.07, 6.45) is 0.0747. The number of oxazole rings is 1. The van der Waals surface area contributed by atoms with Gasteiger partial charge in [-0.25, -0.2) is 9.78 Å². The summed E-state index contributed by atoms with van der Waals surface area (Å²) in [4.78, 5) is 28.3. The van der Waals surface area contributed by atoms with Crippen LogP contribution in [0, 0.1) is 6.92 Å². The zero-order chi connectivity index (χ0) is 19.2. The third-order valence-corrected chi connectivity index (χ3v) is 3.91. The van der Waals surface area contributed by atoms with Gasteiger partial charge in [-0.1, -0.05) is 18.2 Å². The predicted octanol–water partition coefficient (Wildman–Crippen LogP) is 4.01. The SMILES string of the molecule is CCOC(=O)c1ccc(NC(=O)Cc2oc(-c3ccccc3)nc2C)cc1. The maximum atomic E-state index is 12.3. The van der Waals surface area contributed by atoms with Gasteiger partial charge in [-0.2, -0.15) is 0 Å². The first-order valence-electron chi connectivity index (χ1n) is 8.65. The van der Waals surface area contributed by atoms with Gasteiger partial charge in [-0.3, -0.25) is 4.79 Å². The second kappa shape index (κ2) is 8.31. The molecule has 0 aliphatic rings. The molecule has 0 spiro atoms. The van der Waals surface area contributed by atoms with Gasteiger partial charge >= 0.3 is 5.97 Å². The van der Waals surface area contributed by atoms with E-state index in [4.69, 9.17) is 9.15 Å². The quantitative estimate of drug-likeness (QED) is 0.669. The minimum Gasteiger partial charge on any atom is -0.462 e. The average Bonchev–Trinajstić information content (AvgIpc) is 3.03. The molecule has 0 aliphatic carbocycles. The Morgan fingerprint density at radius 2 is 1.78 bits per heavy atom. The highest BCUT2D eigenvalue weighted by molar-refractivity contribution is 5.93. The van der Waals surface area contributed by atoms with Crippen molar-refractivity contribution in [1.29, 1.82) is 0 Å². The molecule has 0 saturated carbocycles. The van der Waals surface area contributed by atoms with Crippen LogP contribution in [0.3, 0.4) is 0 Å². The largest absolute Gasteiger partial charge is 0.462 e. The number of carbonyl (C=O) groups is 2. The van der Waals surface area contributed by atoms with Crippen LogP contribution in [0.25, 0.3) is 11.5 Å². The van der Waals surface area contributed by atoms with Gasteiger partial charge in [0.25, 0.3) is 0 Å². The van der Waals surface area contributed by atoms with Crippen LogP contribution in [-0.2, 0) is 16.0 Å². The third kappa shape index (κ3) is 4.61. The van der Waals surface area contributed by atoms with Gasteiger partial charge in [0.2, 0.25) is 11.8 Å². The summed E-state index contributed by atoms with van der Waals surface area (Å²) >= 11 is 0. The van der Waals surface area contributed by atoms with Crippen molar-refractivity contribution < 1.29 is 18.7 Å². The number of ether oxygens (including phenoxy) is 1. The van der Waals surface area contributed by atoms with Crippen LogP contribution < -0.4 is 5.32 Å². The first-order chi connectivity index (χ1) is 13.1. The van der Waals surface area contributed by atoms with E-state index in [9.17, 15) is 9.59 Å². The highest BCUT2D eigenvalue weighted by Crippen LogP contribution is 2.22. The van der Waals surface area contributed by atoms with Crippen molar-refractivity contribution in [2.75, 3.05) is 11.9 Å². The van der Waals surface area contributed by atoms with Gasteiger partial charge in [0.15, 0.2) is 0 Å². The van der Waals surface area contributed by atoms with Gasteiger partial charge in [-0.15, -0.1) is 0 Å². The number of aryl methyl sites for hydroxylation is 1. The van der Waals surface area contributed by atoms with Crippen molar-refractivity contribution >= 4 is 17.6 Å². The molecule has 0 atom stereocenters. The highest BCUT2D eigenvalue weighted by atomic mass is 16.5. The molecule has 0 aliphatic heterocycles. The first-order valence-corrected chi connectivity index (χ1v) is 8.65. The van der Waals surface area contributed by atoms with Gasteiger partial charge in [0.05, 0.1) is 24.3 Å². The van der Waals surface area contributed by atoms with Crippen LogP contribution in [0.15, 0.2) is 59.0 Å². The van der Waals surface area contributed by atoms with Crippen molar-refractivity contribution in [3.8, 4) is 11.5 Å². The highest BCUT2D eigenvalue weighted by Gasteiger charge is 2.15. The third-order valence-electron chi connectivity index (χ3n) is 3.91.